The lowest BCUT2D eigenvalue weighted by Gasteiger charge is -2.32. The van der Waals surface area contributed by atoms with Crippen molar-refractivity contribution in [3.05, 3.63) is 95.5 Å². The van der Waals surface area contributed by atoms with Crippen molar-refractivity contribution in [2.45, 2.75) is 13.0 Å². The van der Waals surface area contributed by atoms with E-state index in [0.29, 0.717) is 0 Å². The number of nitrogens with zero attached hydrogens (tertiary/aromatic N) is 3. The number of allylic oxidation sites excluding steroid dienone is 1. The number of rotatable bonds is 4. The molecule has 2 aromatic heterocycles. The summed E-state index contributed by atoms with van der Waals surface area (Å²) in [6.45, 7) is 5.65. The zero-order chi connectivity index (χ0) is 21.5. The van der Waals surface area contributed by atoms with Gasteiger partial charge in [-0.15, -0.1) is 0 Å². The molecule has 0 atom stereocenters. The van der Waals surface area contributed by atoms with Gasteiger partial charge in [0.15, 0.2) is 0 Å². The number of H-pyrrole nitrogens is 1. The molecular formula is C28H28N4. The second kappa shape index (κ2) is 8.05. The SMILES string of the molecule is CN1CCN(Cc2ccc(-c3cnc4c(c3)C(c3cccc5[nH]ccc35)=CC4)cc2)CC1. The van der Waals surface area contributed by atoms with E-state index in [-0.39, 0.29) is 0 Å². The van der Waals surface area contributed by atoms with Crippen LogP contribution in [0.3, 0.4) is 0 Å². The largest absolute Gasteiger partial charge is 0.361 e. The summed E-state index contributed by atoms with van der Waals surface area (Å²) in [4.78, 5) is 13.1. The minimum Gasteiger partial charge on any atom is -0.361 e. The van der Waals surface area contributed by atoms with Gasteiger partial charge in [0.2, 0.25) is 0 Å². The Morgan fingerprint density at radius 1 is 0.906 bits per heavy atom. The zero-order valence-electron chi connectivity index (χ0n) is 18.5. The van der Waals surface area contributed by atoms with Crippen LogP contribution in [0, 0.1) is 0 Å². The number of likely N-dealkylation sites (N-methyl/N-ethyl adjacent to an activating group) is 1. The monoisotopic (exact) mass is 420 g/mol. The molecule has 1 aliphatic carbocycles. The normalized spacial score (nSPS) is 17.0. The molecule has 0 amide bonds. The fraction of sp³-hybridized carbons (Fsp3) is 0.250. The third kappa shape index (κ3) is 3.56. The molecule has 4 aromatic rings. The average Bonchev–Trinajstić information content (AvgIpc) is 3.48. The standard InChI is InChI=1S/C28H28N4/c1-31-13-15-32(16-14-31)19-20-5-7-21(8-6-20)22-17-26-24(9-10-28(26)30-18-22)23-3-2-4-27-25(23)11-12-29-27/h2-9,11-12,17-18,29H,10,13-16,19H2,1H3. The van der Waals surface area contributed by atoms with Gasteiger partial charge in [0, 0.05) is 73.6 Å². The maximum Gasteiger partial charge on any atom is 0.0520 e. The molecule has 2 aromatic carbocycles. The highest BCUT2D eigenvalue weighted by atomic mass is 15.2. The summed E-state index contributed by atoms with van der Waals surface area (Å²) in [7, 11) is 2.20. The van der Waals surface area contributed by atoms with Crippen LogP contribution in [-0.4, -0.2) is 53.0 Å². The van der Waals surface area contributed by atoms with E-state index in [9.17, 15) is 0 Å². The Labute approximate surface area is 189 Å². The first-order valence-corrected chi connectivity index (χ1v) is 11.5. The molecule has 1 saturated heterocycles. The molecule has 0 unspecified atom stereocenters. The minimum atomic E-state index is 0.899. The highest BCUT2D eigenvalue weighted by Crippen LogP contribution is 2.37. The van der Waals surface area contributed by atoms with Crippen molar-refractivity contribution in [3.63, 3.8) is 0 Å². The molecule has 3 heterocycles. The summed E-state index contributed by atoms with van der Waals surface area (Å²) in [5, 5.41) is 1.27. The van der Waals surface area contributed by atoms with Gasteiger partial charge in [0.1, 0.15) is 0 Å². The highest BCUT2D eigenvalue weighted by molar-refractivity contribution is 5.98. The van der Waals surface area contributed by atoms with Crippen LogP contribution >= 0.6 is 0 Å². The summed E-state index contributed by atoms with van der Waals surface area (Å²) in [5.41, 5.74) is 9.98. The molecule has 1 fully saturated rings. The van der Waals surface area contributed by atoms with Crippen LogP contribution in [0.25, 0.3) is 27.6 Å². The van der Waals surface area contributed by atoms with E-state index in [0.717, 1.165) is 39.1 Å². The van der Waals surface area contributed by atoms with E-state index in [2.05, 4.69) is 82.5 Å². The lowest BCUT2D eigenvalue weighted by molar-refractivity contribution is 0.148. The van der Waals surface area contributed by atoms with Crippen molar-refractivity contribution in [2.75, 3.05) is 33.2 Å². The van der Waals surface area contributed by atoms with E-state index >= 15 is 0 Å². The number of piperazine rings is 1. The van der Waals surface area contributed by atoms with E-state index in [4.69, 9.17) is 4.98 Å². The van der Waals surface area contributed by atoms with Crippen LogP contribution in [0.1, 0.15) is 22.4 Å². The molecule has 1 N–H and O–H groups in total. The fourth-order valence-corrected chi connectivity index (χ4v) is 5.00. The molecule has 6 rings (SSSR count). The number of fused-ring (bicyclic) bond motifs is 2. The predicted molar refractivity (Wildman–Crippen MR) is 132 cm³/mol. The first-order valence-electron chi connectivity index (χ1n) is 11.5. The second-order valence-corrected chi connectivity index (χ2v) is 9.06. The molecule has 1 aliphatic heterocycles. The summed E-state index contributed by atoms with van der Waals surface area (Å²) in [6.07, 6.45) is 7.27. The number of aromatic nitrogens is 2. The van der Waals surface area contributed by atoms with Gasteiger partial charge in [0.05, 0.1) is 5.69 Å². The van der Waals surface area contributed by atoms with Crippen molar-refractivity contribution in [1.82, 2.24) is 19.8 Å². The van der Waals surface area contributed by atoms with Gasteiger partial charge in [0.25, 0.3) is 0 Å². The first-order chi connectivity index (χ1) is 15.7. The smallest absolute Gasteiger partial charge is 0.0520 e. The summed E-state index contributed by atoms with van der Waals surface area (Å²) < 4.78 is 0. The van der Waals surface area contributed by atoms with E-state index in [1.54, 1.807) is 0 Å². The van der Waals surface area contributed by atoms with E-state index in [1.165, 1.54) is 50.0 Å². The quantitative estimate of drug-likeness (QED) is 0.507. The molecular weight excluding hydrogens is 392 g/mol. The highest BCUT2D eigenvalue weighted by Gasteiger charge is 2.20. The summed E-state index contributed by atoms with van der Waals surface area (Å²) in [5.74, 6) is 0. The minimum absolute atomic E-state index is 0.899. The topological polar surface area (TPSA) is 35.2 Å². The number of aromatic amines is 1. The van der Waals surface area contributed by atoms with Crippen molar-refractivity contribution < 1.29 is 0 Å². The maximum absolute atomic E-state index is 4.83. The molecule has 4 heteroatoms. The summed E-state index contributed by atoms with van der Waals surface area (Å²) in [6, 6.07) is 20.0. The maximum atomic E-state index is 4.83. The molecule has 4 nitrogen and oxygen atoms in total. The molecule has 0 bridgehead atoms. The van der Waals surface area contributed by atoms with Crippen LogP contribution in [0.15, 0.2) is 73.1 Å². The molecule has 2 aliphatic rings. The summed E-state index contributed by atoms with van der Waals surface area (Å²) >= 11 is 0. The van der Waals surface area contributed by atoms with Gasteiger partial charge in [-0.3, -0.25) is 9.88 Å². The van der Waals surface area contributed by atoms with E-state index < -0.39 is 0 Å². The Morgan fingerprint density at radius 2 is 1.75 bits per heavy atom. The third-order valence-electron chi connectivity index (χ3n) is 6.93. The van der Waals surface area contributed by atoms with E-state index in [1.807, 2.05) is 12.4 Å². The van der Waals surface area contributed by atoms with Gasteiger partial charge < -0.3 is 9.88 Å². The molecule has 32 heavy (non-hydrogen) atoms. The van der Waals surface area contributed by atoms with Crippen molar-refractivity contribution in [2.24, 2.45) is 0 Å². The first kappa shape index (κ1) is 19.5. The van der Waals surface area contributed by atoms with Crippen LogP contribution in [0.5, 0.6) is 0 Å². The van der Waals surface area contributed by atoms with Gasteiger partial charge in [-0.25, -0.2) is 0 Å². The lowest BCUT2D eigenvalue weighted by atomic mass is 9.95. The van der Waals surface area contributed by atoms with Crippen LogP contribution in [0.4, 0.5) is 0 Å². The molecule has 0 saturated carbocycles. The predicted octanol–water partition coefficient (Wildman–Crippen LogP) is 4.97. The lowest BCUT2D eigenvalue weighted by Crippen LogP contribution is -2.43. The number of pyridine rings is 1. The Hall–Kier alpha value is -3.21. The molecule has 0 radical (unpaired) electrons. The third-order valence-corrected chi connectivity index (χ3v) is 6.93. The number of hydrogen-bond donors (Lipinski definition) is 1. The fourth-order valence-electron chi connectivity index (χ4n) is 5.00. The van der Waals surface area contributed by atoms with Gasteiger partial charge in [-0.1, -0.05) is 42.5 Å². The molecule has 0 spiro atoms. The molecule has 160 valence electrons. The zero-order valence-corrected chi connectivity index (χ0v) is 18.5. The Bertz CT molecular complexity index is 1290. The number of benzene rings is 2. The van der Waals surface area contributed by atoms with Crippen LogP contribution in [0.2, 0.25) is 0 Å². The Balaban J connectivity index is 1.26. The van der Waals surface area contributed by atoms with Crippen LogP contribution in [-0.2, 0) is 13.0 Å². The number of hydrogen-bond acceptors (Lipinski definition) is 3. The Kier molecular flexibility index (Phi) is 4.90. The van der Waals surface area contributed by atoms with Crippen molar-refractivity contribution in [3.8, 4) is 11.1 Å². The van der Waals surface area contributed by atoms with Crippen LogP contribution < -0.4 is 0 Å². The second-order valence-electron chi connectivity index (χ2n) is 9.06. The van der Waals surface area contributed by atoms with Crippen molar-refractivity contribution in [1.29, 1.82) is 0 Å². The van der Waals surface area contributed by atoms with Gasteiger partial charge >= 0.3 is 0 Å². The number of nitrogens with one attached hydrogen (secondary N) is 1. The average molecular weight is 421 g/mol. The Morgan fingerprint density at radius 3 is 2.59 bits per heavy atom. The van der Waals surface area contributed by atoms with Gasteiger partial charge in [-0.05, 0) is 47.5 Å². The van der Waals surface area contributed by atoms with Crippen molar-refractivity contribution >= 4 is 16.5 Å². The van der Waals surface area contributed by atoms with Gasteiger partial charge in [-0.2, -0.15) is 0 Å².